The Kier molecular flexibility index (Phi) is 4.95. The number of rotatable bonds is 4. The lowest BCUT2D eigenvalue weighted by Crippen LogP contribution is -2.36. The molecule has 0 N–H and O–H groups in total. The molecule has 2 aliphatic rings. The highest BCUT2D eigenvalue weighted by Crippen LogP contribution is 2.38. The smallest absolute Gasteiger partial charge is 0.231 e. The molecule has 2 aromatic carbocycles. The molecule has 0 bridgehead atoms. The lowest BCUT2D eigenvalue weighted by atomic mass is 9.91. The summed E-state index contributed by atoms with van der Waals surface area (Å²) in [7, 11) is 0. The molecule has 4 aromatic rings. The van der Waals surface area contributed by atoms with E-state index in [-0.39, 0.29) is 18.6 Å². The number of benzene rings is 2. The van der Waals surface area contributed by atoms with E-state index >= 15 is 0 Å². The van der Waals surface area contributed by atoms with E-state index in [1.165, 1.54) is 11.1 Å². The first kappa shape index (κ1) is 20.1. The van der Waals surface area contributed by atoms with Crippen molar-refractivity contribution in [1.29, 1.82) is 0 Å². The zero-order chi connectivity index (χ0) is 22.4. The molecule has 33 heavy (non-hydrogen) atoms. The van der Waals surface area contributed by atoms with Crippen LogP contribution in [-0.4, -0.2) is 33.5 Å². The van der Waals surface area contributed by atoms with Crippen molar-refractivity contribution in [2.45, 2.75) is 25.3 Å². The van der Waals surface area contributed by atoms with Crippen molar-refractivity contribution >= 4 is 23.2 Å². The average Bonchev–Trinajstić information content (AvgIpc) is 3.48. The van der Waals surface area contributed by atoms with Gasteiger partial charge in [0.2, 0.25) is 12.7 Å². The molecule has 0 aliphatic carbocycles. The minimum Gasteiger partial charge on any atom is -0.454 e. The van der Waals surface area contributed by atoms with Gasteiger partial charge < -0.3 is 18.8 Å². The van der Waals surface area contributed by atoms with Crippen molar-refractivity contribution in [3.05, 3.63) is 94.4 Å². The number of imidazole rings is 1. The quantitative estimate of drug-likeness (QED) is 0.439. The fourth-order valence-corrected chi connectivity index (χ4v) is 4.93. The Labute approximate surface area is 196 Å². The second-order valence-corrected chi connectivity index (χ2v) is 8.90. The zero-order valence-corrected chi connectivity index (χ0v) is 18.7. The van der Waals surface area contributed by atoms with Gasteiger partial charge in [0.25, 0.3) is 0 Å². The van der Waals surface area contributed by atoms with Crippen LogP contribution in [0.5, 0.6) is 11.5 Å². The lowest BCUT2D eigenvalue weighted by Gasteiger charge is -2.30. The van der Waals surface area contributed by atoms with Crippen LogP contribution in [0.3, 0.4) is 0 Å². The fourth-order valence-electron chi connectivity index (χ4n) is 4.77. The third-order valence-corrected chi connectivity index (χ3v) is 6.74. The molecule has 2 aliphatic heterocycles. The van der Waals surface area contributed by atoms with E-state index in [0.717, 1.165) is 35.6 Å². The summed E-state index contributed by atoms with van der Waals surface area (Å²) in [6.07, 6.45) is 4.88. The standard InChI is InChI=1S/C26H22ClN3O3/c27-20-6-8-25-28-13-22(30(25)15-20)21(18-5-7-23-24(11-18)33-16-32-23)12-26(31)29-10-9-17-3-1-2-4-19(17)14-29/h1-8,11,13,15,21H,9-10,12,14,16H2. The Morgan fingerprint density at radius 3 is 2.82 bits per heavy atom. The van der Waals surface area contributed by atoms with Crippen LogP contribution in [-0.2, 0) is 17.8 Å². The first-order valence-corrected chi connectivity index (χ1v) is 11.4. The number of amides is 1. The van der Waals surface area contributed by atoms with Gasteiger partial charge in [-0.3, -0.25) is 4.79 Å². The molecule has 0 saturated carbocycles. The third kappa shape index (κ3) is 3.70. The van der Waals surface area contributed by atoms with E-state index in [9.17, 15) is 4.79 Å². The Morgan fingerprint density at radius 2 is 1.91 bits per heavy atom. The largest absolute Gasteiger partial charge is 0.454 e. The second-order valence-electron chi connectivity index (χ2n) is 8.46. The summed E-state index contributed by atoms with van der Waals surface area (Å²) in [4.78, 5) is 20.0. The Bertz CT molecular complexity index is 1370. The van der Waals surface area contributed by atoms with Crippen molar-refractivity contribution in [3.8, 4) is 11.5 Å². The lowest BCUT2D eigenvalue weighted by molar-refractivity contribution is -0.132. The minimum absolute atomic E-state index is 0.115. The molecule has 1 amide bonds. The number of carbonyl (C=O) groups excluding carboxylic acids is 1. The Balaban J connectivity index is 1.36. The Hall–Kier alpha value is -3.51. The number of halogens is 1. The van der Waals surface area contributed by atoms with Crippen LogP contribution >= 0.6 is 11.6 Å². The molecule has 0 radical (unpaired) electrons. The van der Waals surface area contributed by atoms with Crippen molar-refractivity contribution in [3.63, 3.8) is 0 Å². The minimum atomic E-state index is -0.211. The number of aromatic nitrogens is 2. The zero-order valence-electron chi connectivity index (χ0n) is 17.9. The van der Waals surface area contributed by atoms with Gasteiger partial charge in [0.15, 0.2) is 11.5 Å². The molecule has 0 fully saturated rings. The number of hydrogen-bond donors (Lipinski definition) is 0. The van der Waals surface area contributed by atoms with Gasteiger partial charge in [0.05, 0.1) is 10.7 Å². The predicted molar refractivity (Wildman–Crippen MR) is 125 cm³/mol. The summed E-state index contributed by atoms with van der Waals surface area (Å²) in [5.74, 6) is 1.32. The SMILES string of the molecule is O=C(CC(c1ccc2c(c1)OCO2)c1cnc2ccc(Cl)cn12)N1CCc2ccccc2C1. The fraction of sp³-hybridized carbons (Fsp3) is 0.231. The number of nitrogens with zero attached hydrogens (tertiary/aromatic N) is 3. The van der Waals surface area contributed by atoms with E-state index < -0.39 is 0 Å². The van der Waals surface area contributed by atoms with E-state index in [1.54, 1.807) is 0 Å². The van der Waals surface area contributed by atoms with Gasteiger partial charge in [0, 0.05) is 37.8 Å². The van der Waals surface area contributed by atoms with Gasteiger partial charge in [-0.25, -0.2) is 4.98 Å². The van der Waals surface area contributed by atoms with Gasteiger partial charge in [-0.2, -0.15) is 0 Å². The second kappa shape index (κ2) is 8.12. The van der Waals surface area contributed by atoms with Gasteiger partial charge in [-0.05, 0) is 47.4 Å². The van der Waals surface area contributed by atoms with Crippen LogP contribution in [0.2, 0.25) is 5.02 Å². The van der Waals surface area contributed by atoms with Crippen LogP contribution in [0.4, 0.5) is 0 Å². The van der Waals surface area contributed by atoms with E-state index in [1.807, 2.05) is 58.1 Å². The molecule has 1 atom stereocenters. The third-order valence-electron chi connectivity index (χ3n) is 6.52. The van der Waals surface area contributed by atoms with Crippen LogP contribution in [0, 0.1) is 0 Å². The van der Waals surface area contributed by atoms with Gasteiger partial charge >= 0.3 is 0 Å². The molecule has 7 heteroatoms. The molecule has 2 aromatic heterocycles. The van der Waals surface area contributed by atoms with Crippen molar-refractivity contribution in [1.82, 2.24) is 14.3 Å². The van der Waals surface area contributed by atoms with Crippen LogP contribution in [0.1, 0.15) is 34.7 Å². The normalized spacial score (nSPS) is 15.5. The van der Waals surface area contributed by atoms with Gasteiger partial charge in [-0.1, -0.05) is 41.9 Å². The highest BCUT2D eigenvalue weighted by molar-refractivity contribution is 6.30. The number of carbonyl (C=O) groups is 1. The maximum absolute atomic E-state index is 13.5. The van der Waals surface area contributed by atoms with Crippen LogP contribution < -0.4 is 9.47 Å². The molecule has 6 nitrogen and oxygen atoms in total. The average molecular weight is 460 g/mol. The predicted octanol–water partition coefficient (Wildman–Crippen LogP) is 4.82. The van der Waals surface area contributed by atoms with E-state index in [4.69, 9.17) is 21.1 Å². The van der Waals surface area contributed by atoms with Crippen molar-refractivity contribution < 1.29 is 14.3 Å². The highest BCUT2D eigenvalue weighted by atomic mass is 35.5. The van der Waals surface area contributed by atoms with Crippen molar-refractivity contribution in [2.24, 2.45) is 0 Å². The molecule has 4 heterocycles. The molecule has 1 unspecified atom stereocenters. The molecule has 0 spiro atoms. The number of pyridine rings is 1. The van der Waals surface area contributed by atoms with Crippen molar-refractivity contribution in [2.75, 3.05) is 13.3 Å². The summed E-state index contributed by atoms with van der Waals surface area (Å²) in [5.41, 5.74) is 5.23. The molecular formula is C26H22ClN3O3. The van der Waals surface area contributed by atoms with Crippen LogP contribution in [0.25, 0.3) is 5.65 Å². The summed E-state index contributed by atoms with van der Waals surface area (Å²) in [6.45, 7) is 1.57. The number of hydrogen-bond acceptors (Lipinski definition) is 4. The van der Waals surface area contributed by atoms with Gasteiger partial charge in [-0.15, -0.1) is 0 Å². The Morgan fingerprint density at radius 1 is 1.06 bits per heavy atom. The highest BCUT2D eigenvalue weighted by Gasteiger charge is 2.28. The summed E-state index contributed by atoms with van der Waals surface area (Å²) < 4.78 is 13.1. The molecule has 6 rings (SSSR count). The monoisotopic (exact) mass is 459 g/mol. The maximum atomic E-state index is 13.5. The summed E-state index contributed by atoms with van der Waals surface area (Å²) in [6, 6.07) is 17.9. The molecule has 166 valence electrons. The number of ether oxygens (including phenoxy) is 2. The van der Waals surface area contributed by atoms with E-state index in [2.05, 4.69) is 23.2 Å². The summed E-state index contributed by atoms with van der Waals surface area (Å²) >= 11 is 6.29. The molecular weight excluding hydrogens is 438 g/mol. The first-order chi connectivity index (χ1) is 16.2. The maximum Gasteiger partial charge on any atom is 0.231 e. The number of fused-ring (bicyclic) bond motifs is 3. The molecule has 0 saturated heterocycles. The first-order valence-electron chi connectivity index (χ1n) is 11.0. The van der Waals surface area contributed by atoms with Crippen LogP contribution in [0.15, 0.2) is 67.0 Å². The topological polar surface area (TPSA) is 56.1 Å². The summed E-state index contributed by atoms with van der Waals surface area (Å²) in [5, 5.41) is 0.616. The van der Waals surface area contributed by atoms with E-state index in [0.29, 0.717) is 23.7 Å². The van der Waals surface area contributed by atoms with Gasteiger partial charge in [0.1, 0.15) is 5.65 Å².